The topological polar surface area (TPSA) is 237 Å². The van der Waals surface area contributed by atoms with Crippen molar-refractivity contribution >= 4 is 53.7 Å². The molecular formula is C107H198O18. The second-order valence-electron chi connectivity index (χ2n) is 37.6. The molecular weight excluding hydrogens is 1570 g/mol. The van der Waals surface area contributed by atoms with Crippen LogP contribution in [-0.2, 0) is 85.8 Å². The number of unbranched alkanes of at least 4 members (excludes halogenated alkanes) is 45. The molecule has 6 unspecified atom stereocenters. The van der Waals surface area contributed by atoms with E-state index in [9.17, 15) is 43.2 Å². The zero-order valence-electron chi connectivity index (χ0n) is 83.1. The Labute approximate surface area is 767 Å². The van der Waals surface area contributed by atoms with E-state index in [4.69, 9.17) is 42.6 Å². The van der Waals surface area contributed by atoms with Crippen LogP contribution >= 0.6 is 0 Å². The molecule has 0 aromatic carbocycles. The van der Waals surface area contributed by atoms with Crippen molar-refractivity contribution in [2.45, 2.75) is 607 Å². The van der Waals surface area contributed by atoms with E-state index >= 15 is 0 Å². The summed E-state index contributed by atoms with van der Waals surface area (Å²) in [5, 5.41) is 0. The molecule has 0 aliphatic rings. The predicted octanol–water partition coefficient (Wildman–Crippen LogP) is 30.7. The van der Waals surface area contributed by atoms with Gasteiger partial charge in [-0.2, -0.15) is 0 Å². The van der Waals surface area contributed by atoms with E-state index in [0.717, 1.165) is 366 Å². The monoisotopic (exact) mass is 1770 g/mol. The van der Waals surface area contributed by atoms with Gasteiger partial charge >= 0.3 is 53.7 Å². The summed E-state index contributed by atoms with van der Waals surface area (Å²) in [6.07, 6.45) is 67.4. The van der Waals surface area contributed by atoms with E-state index in [2.05, 4.69) is 62.3 Å². The molecule has 0 rings (SSSR count). The Kier molecular flexibility index (Phi) is 86.4. The Balaban J connectivity index is 6.24. The van der Waals surface area contributed by atoms with Crippen LogP contribution in [0.3, 0.4) is 0 Å². The fourth-order valence-corrected chi connectivity index (χ4v) is 16.4. The van der Waals surface area contributed by atoms with Crippen molar-refractivity contribution in [1.82, 2.24) is 0 Å². The molecule has 0 heterocycles. The molecule has 734 valence electrons. The number of rotatable bonds is 96. The maximum absolute atomic E-state index is 13.6. The summed E-state index contributed by atoms with van der Waals surface area (Å²) in [4.78, 5) is 120. The van der Waals surface area contributed by atoms with Crippen LogP contribution in [0.2, 0.25) is 0 Å². The number of hydrogen-bond acceptors (Lipinski definition) is 18. The SMILES string of the molecule is CCCCCCCC(=O)OC(CCCCCC)CCC(CCCCCCCC(=O)OCC(C)(COC(=O)CCCCCCCC(CCC(CCCCCC)OC(=O)CCCCCCC)OC(=O)CCCCCCC)COC(=O)CCCCCCCC(CCC(CCCCCC)OC(=O)CCCCCCC)OC(=O)CCCCCCC)OC(=O)CCCCCCC. The fraction of sp³-hybridized carbons (Fsp3) is 0.916. The molecule has 0 saturated heterocycles. The summed E-state index contributed by atoms with van der Waals surface area (Å²) in [5.41, 5.74) is -1.01. The van der Waals surface area contributed by atoms with Gasteiger partial charge in [0.25, 0.3) is 0 Å². The van der Waals surface area contributed by atoms with Gasteiger partial charge in [-0.3, -0.25) is 43.2 Å². The summed E-state index contributed by atoms with van der Waals surface area (Å²) in [6, 6.07) is 0. The third-order valence-electron chi connectivity index (χ3n) is 24.7. The first-order valence-electron chi connectivity index (χ1n) is 53.5. The lowest BCUT2D eigenvalue weighted by Gasteiger charge is -2.28. The second-order valence-corrected chi connectivity index (χ2v) is 37.6. The molecule has 0 aliphatic heterocycles. The second kappa shape index (κ2) is 89.8. The molecule has 0 aromatic heterocycles. The minimum absolute atomic E-state index is 0.110. The molecule has 6 atom stereocenters. The lowest BCUT2D eigenvalue weighted by Crippen LogP contribution is -2.37. The van der Waals surface area contributed by atoms with E-state index in [0.29, 0.717) is 96.3 Å². The maximum Gasteiger partial charge on any atom is 0.306 e. The molecule has 0 aromatic rings. The lowest BCUT2D eigenvalue weighted by molar-refractivity contribution is -0.161. The number of esters is 9. The fourth-order valence-electron chi connectivity index (χ4n) is 16.4. The minimum atomic E-state index is -1.01. The van der Waals surface area contributed by atoms with Crippen LogP contribution < -0.4 is 0 Å². The average Bonchev–Trinajstić information content (AvgIpc) is 0.887. The van der Waals surface area contributed by atoms with Crippen molar-refractivity contribution in [2.75, 3.05) is 19.8 Å². The van der Waals surface area contributed by atoms with Gasteiger partial charge in [-0.1, -0.05) is 332 Å². The quantitative estimate of drug-likeness (QED) is 0.0312. The van der Waals surface area contributed by atoms with Crippen LogP contribution in [-0.4, -0.2) is 110 Å². The van der Waals surface area contributed by atoms with Crippen LogP contribution in [0, 0.1) is 5.41 Å². The van der Waals surface area contributed by atoms with Gasteiger partial charge in [0.05, 0.1) is 5.41 Å². The Morgan fingerprint density at radius 3 is 0.432 bits per heavy atom. The number of carbonyl (C=O) groups excluding carboxylic acids is 9. The standard InChI is InChI=1S/C107H198O18/c1-11-20-29-41-62-77-101(111)120-92(68-53-35-26-17-7)83-86-95(123-104(114)80-65-44-32-23-14-4)71-56-47-38-50-59-74-98(108)117-89-107(10,90-118-99(109)75-60-51-39-48-57-72-96(124-105(115)81-66-45-33-24-15-5)87-84-93(69-54-36-27-18-8)121-102(112)78-63-42-30-21-12-2)91-119-100(110)76-61-52-40-49-58-73-97(125-106(116)82-67-46-34-25-16-6)88-85-94(70-55-37-28-19-9)122-103(113)79-64-43-31-22-13-3/h92-97H,11-91H2,1-10H3. The normalized spacial score (nSPS) is 13.4. The smallest absolute Gasteiger partial charge is 0.306 e. The molecule has 0 saturated carbocycles. The van der Waals surface area contributed by atoms with Gasteiger partial charge in [0.1, 0.15) is 56.4 Å². The number of ether oxygens (including phenoxy) is 9. The van der Waals surface area contributed by atoms with Gasteiger partial charge in [-0.25, -0.2) is 0 Å². The first-order chi connectivity index (χ1) is 60.8. The minimum Gasteiger partial charge on any atom is -0.465 e. The average molecular weight is 1770 g/mol. The molecule has 0 radical (unpaired) electrons. The van der Waals surface area contributed by atoms with Crippen LogP contribution in [0.1, 0.15) is 570 Å². The summed E-state index contributed by atoms with van der Waals surface area (Å²) >= 11 is 0. The van der Waals surface area contributed by atoms with Gasteiger partial charge in [-0.15, -0.1) is 0 Å². The van der Waals surface area contributed by atoms with Crippen molar-refractivity contribution in [3.05, 3.63) is 0 Å². The number of carbonyl (C=O) groups is 9. The van der Waals surface area contributed by atoms with Gasteiger partial charge < -0.3 is 42.6 Å². The first kappa shape index (κ1) is 120. The van der Waals surface area contributed by atoms with E-state index in [-0.39, 0.29) is 129 Å². The molecule has 0 N–H and O–H groups in total. The summed E-state index contributed by atoms with van der Waals surface area (Å²) in [6.45, 7) is 21.2. The zero-order valence-corrected chi connectivity index (χ0v) is 83.1. The Morgan fingerprint density at radius 1 is 0.160 bits per heavy atom. The van der Waals surface area contributed by atoms with Crippen LogP contribution in [0.25, 0.3) is 0 Å². The predicted molar refractivity (Wildman–Crippen MR) is 511 cm³/mol. The van der Waals surface area contributed by atoms with Crippen LogP contribution in [0.5, 0.6) is 0 Å². The molecule has 0 bridgehead atoms. The summed E-state index contributed by atoms with van der Waals surface area (Å²) in [5.74, 6) is -1.96. The largest absolute Gasteiger partial charge is 0.465 e. The van der Waals surface area contributed by atoms with Gasteiger partial charge in [0.15, 0.2) is 0 Å². The van der Waals surface area contributed by atoms with Crippen molar-refractivity contribution in [3.8, 4) is 0 Å². The van der Waals surface area contributed by atoms with Crippen molar-refractivity contribution in [3.63, 3.8) is 0 Å². The molecule has 0 amide bonds. The number of hydrogen-bond donors (Lipinski definition) is 0. The molecule has 125 heavy (non-hydrogen) atoms. The summed E-state index contributed by atoms with van der Waals surface area (Å²) < 4.78 is 54.8. The van der Waals surface area contributed by atoms with Crippen LogP contribution in [0.4, 0.5) is 0 Å². The Morgan fingerprint density at radius 2 is 0.280 bits per heavy atom. The van der Waals surface area contributed by atoms with Crippen molar-refractivity contribution in [1.29, 1.82) is 0 Å². The van der Waals surface area contributed by atoms with E-state index in [1.807, 2.05) is 6.92 Å². The highest BCUT2D eigenvalue weighted by molar-refractivity contribution is 5.72. The van der Waals surface area contributed by atoms with E-state index < -0.39 is 5.41 Å². The molecule has 18 heteroatoms. The molecule has 0 aliphatic carbocycles. The van der Waals surface area contributed by atoms with Gasteiger partial charge in [-0.05, 0) is 180 Å². The molecule has 0 spiro atoms. The van der Waals surface area contributed by atoms with Crippen LogP contribution in [0.15, 0.2) is 0 Å². The highest BCUT2D eigenvalue weighted by Crippen LogP contribution is 2.28. The first-order valence-corrected chi connectivity index (χ1v) is 53.5. The zero-order chi connectivity index (χ0) is 91.8. The highest BCUT2D eigenvalue weighted by Gasteiger charge is 2.32. The molecule has 0 fully saturated rings. The Bertz CT molecular complexity index is 2260. The van der Waals surface area contributed by atoms with Gasteiger partial charge in [0.2, 0.25) is 0 Å². The van der Waals surface area contributed by atoms with Gasteiger partial charge in [0, 0.05) is 57.8 Å². The maximum atomic E-state index is 13.6. The third kappa shape index (κ3) is 81.0. The molecule has 18 nitrogen and oxygen atoms in total. The van der Waals surface area contributed by atoms with Crippen molar-refractivity contribution < 1.29 is 85.8 Å². The van der Waals surface area contributed by atoms with Crippen molar-refractivity contribution in [2.24, 2.45) is 5.41 Å². The lowest BCUT2D eigenvalue weighted by atomic mass is 9.94. The Hall–Kier alpha value is -4.77. The summed E-state index contributed by atoms with van der Waals surface area (Å²) in [7, 11) is 0. The highest BCUT2D eigenvalue weighted by atomic mass is 16.6. The van der Waals surface area contributed by atoms with E-state index in [1.54, 1.807) is 0 Å². The third-order valence-corrected chi connectivity index (χ3v) is 24.7. The van der Waals surface area contributed by atoms with E-state index in [1.165, 1.54) is 19.3 Å².